The van der Waals surface area contributed by atoms with Crippen LogP contribution in [0.5, 0.6) is 0 Å². The summed E-state index contributed by atoms with van der Waals surface area (Å²) in [5.41, 5.74) is 6.82. The Kier molecular flexibility index (Phi) is 4.79. The molecule has 3 aromatic rings. The summed E-state index contributed by atoms with van der Waals surface area (Å²) in [7, 11) is 1.90. The van der Waals surface area contributed by atoms with E-state index in [2.05, 4.69) is 34.5 Å². The van der Waals surface area contributed by atoms with Crippen LogP contribution >= 0.6 is 0 Å². The lowest BCUT2D eigenvalue weighted by atomic mass is 9.65. The minimum Gasteiger partial charge on any atom is -0.342 e. The van der Waals surface area contributed by atoms with Crippen molar-refractivity contribution in [3.8, 4) is 0 Å². The Balaban J connectivity index is 1.54. The molecule has 0 radical (unpaired) electrons. The molecular weight excluding hydrogens is 376 g/mol. The van der Waals surface area contributed by atoms with Gasteiger partial charge in [0, 0.05) is 24.2 Å². The first kappa shape index (κ1) is 20.3. The molecular formula is C23H30N6O. The van der Waals surface area contributed by atoms with Crippen LogP contribution in [0.25, 0.3) is 11.0 Å². The average molecular weight is 407 g/mol. The van der Waals surface area contributed by atoms with Gasteiger partial charge in [0.2, 0.25) is 5.91 Å². The van der Waals surface area contributed by atoms with Crippen LogP contribution in [-0.4, -0.2) is 31.9 Å². The van der Waals surface area contributed by atoms with Gasteiger partial charge in [0.25, 0.3) is 0 Å². The summed E-state index contributed by atoms with van der Waals surface area (Å²) in [6, 6.07) is 8.05. The van der Waals surface area contributed by atoms with Crippen molar-refractivity contribution in [2.75, 3.05) is 0 Å². The van der Waals surface area contributed by atoms with Gasteiger partial charge in [-0.15, -0.1) is 0 Å². The van der Waals surface area contributed by atoms with Gasteiger partial charge in [-0.1, -0.05) is 32.9 Å². The number of H-pyrrole nitrogens is 1. The van der Waals surface area contributed by atoms with E-state index in [0.29, 0.717) is 0 Å². The molecule has 1 aromatic carbocycles. The van der Waals surface area contributed by atoms with E-state index in [4.69, 9.17) is 4.98 Å². The molecule has 7 nitrogen and oxygen atoms in total. The average Bonchev–Trinajstić information content (AvgIpc) is 3.30. The summed E-state index contributed by atoms with van der Waals surface area (Å²) in [5, 5.41) is 8.65. The fourth-order valence-corrected chi connectivity index (χ4v) is 4.78. The Morgan fingerprint density at radius 2 is 2.03 bits per heavy atom. The van der Waals surface area contributed by atoms with Crippen molar-refractivity contribution >= 4 is 23.2 Å². The third-order valence-corrected chi connectivity index (χ3v) is 7.39. The molecule has 7 heteroatoms. The van der Waals surface area contributed by atoms with Gasteiger partial charge in [-0.25, -0.2) is 10.4 Å². The number of carbonyl (C=O) groups excluding carboxylic acids is 1. The fraction of sp³-hybridized carbons (Fsp3) is 0.478. The maximum absolute atomic E-state index is 13.2. The molecule has 158 valence electrons. The first-order chi connectivity index (χ1) is 14.1. The minimum atomic E-state index is -0.549. The van der Waals surface area contributed by atoms with Gasteiger partial charge >= 0.3 is 0 Å². The molecule has 4 rings (SSSR count). The second-order valence-corrected chi connectivity index (χ2v) is 9.19. The van der Waals surface area contributed by atoms with Gasteiger partial charge in [-0.05, 0) is 44.2 Å². The predicted molar refractivity (Wildman–Crippen MR) is 118 cm³/mol. The summed E-state index contributed by atoms with van der Waals surface area (Å²) in [5.74, 6) is 1.08. The second kappa shape index (κ2) is 7.07. The maximum Gasteiger partial charge on any atom is 0.246 e. The van der Waals surface area contributed by atoms with Crippen LogP contribution in [0, 0.1) is 24.7 Å². The SMILES string of the molecule is Cc1nn(C)c(C)c1/C=N\NC(=O)[C@]1(C)CC[C@@H](c2nc3ccccc3[nH]2)C1(C)C. The fourth-order valence-electron chi connectivity index (χ4n) is 4.78. The zero-order valence-corrected chi connectivity index (χ0v) is 18.6. The number of aromatic amines is 1. The lowest BCUT2D eigenvalue weighted by Crippen LogP contribution is -2.45. The zero-order valence-electron chi connectivity index (χ0n) is 18.6. The maximum atomic E-state index is 13.2. The van der Waals surface area contributed by atoms with Crippen molar-refractivity contribution in [1.82, 2.24) is 25.2 Å². The number of nitrogens with one attached hydrogen (secondary N) is 2. The molecule has 1 amide bonds. The van der Waals surface area contributed by atoms with Crippen LogP contribution in [0.15, 0.2) is 29.4 Å². The molecule has 1 aliphatic rings. The van der Waals surface area contributed by atoms with Crippen molar-refractivity contribution in [3.63, 3.8) is 0 Å². The highest BCUT2D eigenvalue weighted by Crippen LogP contribution is 2.59. The third kappa shape index (κ3) is 3.04. The molecule has 1 aliphatic carbocycles. The second-order valence-electron chi connectivity index (χ2n) is 9.19. The summed E-state index contributed by atoms with van der Waals surface area (Å²) < 4.78 is 1.82. The lowest BCUT2D eigenvalue weighted by molar-refractivity contribution is -0.135. The number of nitrogens with zero attached hydrogens (tertiary/aromatic N) is 4. The molecule has 2 N–H and O–H groups in total. The number of hydrogen-bond acceptors (Lipinski definition) is 4. The van der Waals surface area contributed by atoms with Crippen molar-refractivity contribution in [2.45, 2.75) is 53.4 Å². The molecule has 0 unspecified atom stereocenters. The van der Waals surface area contributed by atoms with Crippen LogP contribution in [0.4, 0.5) is 0 Å². The van der Waals surface area contributed by atoms with Crippen LogP contribution in [-0.2, 0) is 11.8 Å². The van der Waals surface area contributed by atoms with Crippen molar-refractivity contribution in [3.05, 3.63) is 47.0 Å². The Morgan fingerprint density at radius 1 is 1.30 bits per heavy atom. The molecule has 2 atom stereocenters. The number of imidazole rings is 1. The highest BCUT2D eigenvalue weighted by Gasteiger charge is 2.57. The van der Waals surface area contributed by atoms with Crippen LogP contribution in [0.2, 0.25) is 0 Å². The number of aromatic nitrogens is 4. The molecule has 0 spiro atoms. The largest absolute Gasteiger partial charge is 0.342 e. The molecule has 1 fully saturated rings. The molecule has 1 saturated carbocycles. The number of hydrogen-bond donors (Lipinski definition) is 2. The number of para-hydroxylation sites is 2. The van der Waals surface area contributed by atoms with Gasteiger partial charge in [-0.2, -0.15) is 10.2 Å². The van der Waals surface area contributed by atoms with Crippen LogP contribution in [0.1, 0.15) is 62.3 Å². The number of carbonyl (C=O) groups is 1. The van der Waals surface area contributed by atoms with E-state index < -0.39 is 5.41 Å². The van der Waals surface area contributed by atoms with E-state index in [-0.39, 0.29) is 17.2 Å². The van der Waals surface area contributed by atoms with Gasteiger partial charge in [0.1, 0.15) is 5.82 Å². The highest BCUT2D eigenvalue weighted by atomic mass is 16.2. The first-order valence-corrected chi connectivity index (χ1v) is 10.4. The van der Waals surface area contributed by atoms with E-state index >= 15 is 0 Å². The van der Waals surface area contributed by atoms with Crippen molar-refractivity contribution in [2.24, 2.45) is 23.0 Å². The molecule has 30 heavy (non-hydrogen) atoms. The monoisotopic (exact) mass is 406 g/mol. The Morgan fingerprint density at radius 3 is 2.70 bits per heavy atom. The zero-order chi connectivity index (χ0) is 21.7. The Labute approximate surface area is 177 Å². The highest BCUT2D eigenvalue weighted by molar-refractivity contribution is 5.87. The van der Waals surface area contributed by atoms with Crippen LogP contribution < -0.4 is 5.43 Å². The number of amides is 1. The summed E-state index contributed by atoms with van der Waals surface area (Å²) >= 11 is 0. The van der Waals surface area contributed by atoms with Gasteiger partial charge in [0.05, 0.1) is 28.4 Å². The number of benzene rings is 1. The van der Waals surface area contributed by atoms with Crippen molar-refractivity contribution < 1.29 is 4.79 Å². The van der Waals surface area contributed by atoms with Gasteiger partial charge < -0.3 is 4.98 Å². The normalized spacial score (nSPS) is 23.5. The smallest absolute Gasteiger partial charge is 0.246 e. The predicted octanol–water partition coefficient (Wildman–Crippen LogP) is 3.97. The van der Waals surface area contributed by atoms with E-state index in [9.17, 15) is 4.79 Å². The molecule has 0 saturated heterocycles. The van der Waals surface area contributed by atoms with Gasteiger partial charge in [-0.3, -0.25) is 9.48 Å². The Hall–Kier alpha value is -2.96. The number of fused-ring (bicyclic) bond motifs is 1. The van der Waals surface area contributed by atoms with Crippen LogP contribution in [0.3, 0.4) is 0 Å². The first-order valence-electron chi connectivity index (χ1n) is 10.4. The minimum absolute atomic E-state index is 0.0541. The standard InChI is InChI=1S/C23H30N6O/c1-14-16(15(2)29(6)28-14)13-24-27-21(30)23(5)12-11-17(22(23,3)4)20-25-18-9-7-8-10-19(18)26-20/h7-10,13,17H,11-12H2,1-6H3,(H,25,26)(H,27,30)/b24-13-/t17-,23-/m0/s1. The van der Waals surface area contributed by atoms with E-state index in [0.717, 1.165) is 46.7 Å². The summed E-state index contributed by atoms with van der Waals surface area (Å²) in [6.45, 7) is 10.3. The number of rotatable bonds is 4. The lowest BCUT2D eigenvalue weighted by Gasteiger charge is -2.39. The molecule has 2 heterocycles. The number of aryl methyl sites for hydroxylation is 2. The molecule has 0 aliphatic heterocycles. The molecule has 0 bridgehead atoms. The van der Waals surface area contributed by atoms with E-state index in [1.165, 1.54) is 0 Å². The number of hydrazone groups is 1. The third-order valence-electron chi connectivity index (χ3n) is 7.39. The molecule has 2 aromatic heterocycles. The quantitative estimate of drug-likeness (QED) is 0.507. The summed E-state index contributed by atoms with van der Waals surface area (Å²) in [4.78, 5) is 21.5. The van der Waals surface area contributed by atoms with Crippen molar-refractivity contribution in [1.29, 1.82) is 0 Å². The van der Waals surface area contributed by atoms with Gasteiger partial charge in [0.15, 0.2) is 0 Å². The van der Waals surface area contributed by atoms with E-state index in [1.54, 1.807) is 6.21 Å². The topological polar surface area (TPSA) is 88.0 Å². The summed E-state index contributed by atoms with van der Waals surface area (Å²) in [6.07, 6.45) is 3.38. The Bertz CT molecular complexity index is 1100. The van der Waals surface area contributed by atoms with E-state index in [1.807, 2.05) is 56.8 Å².